The second-order valence-electron chi connectivity index (χ2n) is 4.77. The van der Waals surface area contributed by atoms with E-state index >= 15 is 0 Å². The van der Waals surface area contributed by atoms with Crippen LogP contribution in [-0.2, 0) is 23.9 Å². The van der Waals surface area contributed by atoms with E-state index in [1.54, 1.807) is 0 Å². The lowest BCUT2D eigenvalue weighted by Crippen LogP contribution is -2.20. The van der Waals surface area contributed by atoms with E-state index in [2.05, 4.69) is 0 Å². The molecule has 0 atom stereocenters. The van der Waals surface area contributed by atoms with Crippen LogP contribution in [0, 0.1) is 0 Å². The average Bonchev–Trinajstić information content (AvgIpc) is 2.43. The highest BCUT2D eigenvalue weighted by molar-refractivity contribution is 5.85. The van der Waals surface area contributed by atoms with Crippen LogP contribution in [0.2, 0.25) is 0 Å². The summed E-state index contributed by atoms with van der Waals surface area (Å²) in [5.41, 5.74) is 0. The number of rotatable bonds is 12. The molecule has 0 aromatic carbocycles. The van der Waals surface area contributed by atoms with E-state index in [4.69, 9.17) is 9.47 Å². The van der Waals surface area contributed by atoms with Crippen molar-refractivity contribution in [2.45, 2.75) is 65.2 Å². The molecule has 0 aromatic rings. The molecule has 116 valence electrons. The minimum Gasteiger partial charge on any atom is -0.458 e. The zero-order chi connectivity index (χ0) is 15.2. The van der Waals surface area contributed by atoms with Crippen molar-refractivity contribution in [3.63, 3.8) is 0 Å². The lowest BCUT2D eigenvalue weighted by Gasteiger charge is -2.05. The molecule has 0 bridgehead atoms. The van der Waals surface area contributed by atoms with E-state index in [1.807, 2.05) is 13.8 Å². The fourth-order valence-electron chi connectivity index (χ4n) is 1.55. The van der Waals surface area contributed by atoms with E-state index in [9.17, 15) is 14.4 Å². The normalized spacial score (nSPS) is 10.1. The van der Waals surface area contributed by atoms with Crippen LogP contribution in [0.3, 0.4) is 0 Å². The molecule has 0 saturated heterocycles. The Balaban J connectivity index is 3.57. The first-order chi connectivity index (χ1) is 9.60. The number of ether oxygens (including phenoxy) is 2. The van der Waals surface area contributed by atoms with Crippen molar-refractivity contribution in [2.24, 2.45) is 0 Å². The van der Waals surface area contributed by atoms with Gasteiger partial charge in [-0.3, -0.25) is 14.4 Å². The van der Waals surface area contributed by atoms with Gasteiger partial charge in [0.05, 0.1) is 0 Å². The van der Waals surface area contributed by atoms with Gasteiger partial charge in [-0.2, -0.15) is 0 Å². The van der Waals surface area contributed by atoms with Gasteiger partial charge in [-0.1, -0.05) is 39.5 Å². The second-order valence-corrected chi connectivity index (χ2v) is 4.77. The molecule has 0 heterocycles. The number of carbonyl (C=O) groups is 3. The molecule has 0 rings (SSSR count). The number of carbonyl (C=O) groups excluding carboxylic acids is 3. The monoisotopic (exact) mass is 286 g/mol. The summed E-state index contributed by atoms with van der Waals surface area (Å²) in [5.74, 6) is -1.14. The summed E-state index contributed by atoms with van der Waals surface area (Å²) in [4.78, 5) is 33.9. The SMILES string of the molecule is CCCCCC(=O)OCC(=O)COC(=O)CCCCC. The highest BCUT2D eigenvalue weighted by atomic mass is 16.6. The quantitative estimate of drug-likeness (QED) is 0.407. The molecule has 5 heteroatoms. The Hall–Kier alpha value is -1.39. The first-order valence-corrected chi connectivity index (χ1v) is 7.43. The summed E-state index contributed by atoms with van der Waals surface area (Å²) in [5, 5.41) is 0. The smallest absolute Gasteiger partial charge is 0.306 e. The van der Waals surface area contributed by atoms with Gasteiger partial charge in [-0.15, -0.1) is 0 Å². The molecule has 0 aliphatic heterocycles. The Labute approximate surface area is 121 Å². The Morgan fingerprint density at radius 3 is 1.45 bits per heavy atom. The number of hydrogen-bond donors (Lipinski definition) is 0. The van der Waals surface area contributed by atoms with Gasteiger partial charge < -0.3 is 9.47 Å². The summed E-state index contributed by atoms with van der Waals surface area (Å²) < 4.78 is 9.60. The van der Waals surface area contributed by atoms with Crippen molar-refractivity contribution in [3.8, 4) is 0 Å². The highest BCUT2D eigenvalue weighted by Gasteiger charge is 2.10. The minimum absolute atomic E-state index is 0.312. The molecular formula is C15H26O5. The van der Waals surface area contributed by atoms with Gasteiger partial charge in [-0.05, 0) is 12.8 Å². The predicted molar refractivity (Wildman–Crippen MR) is 75.2 cm³/mol. The number of Topliss-reactive ketones (excluding diaryl/α,β-unsaturated/α-hetero) is 1. The molecule has 0 unspecified atom stereocenters. The van der Waals surface area contributed by atoms with Crippen LogP contribution >= 0.6 is 0 Å². The molecule has 0 radical (unpaired) electrons. The van der Waals surface area contributed by atoms with Gasteiger partial charge >= 0.3 is 11.9 Å². The molecule has 5 nitrogen and oxygen atoms in total. The van der Waals surface area contributed by atoms with Gasteiger partial charge in [0.25, 0.3) is 0 Å². The first kappa shape index (κ1) is 18.6. The third-order valence-electron chi connectivity index (χ3n) is 2.76. The zero-order valence-electron chi connectivity index (χ0n) is 12.6. The zero-order valence-corrected chi connectivity index (χ0v) is 12.6. The van der Waals surface area contributed by atoms with Crippen LogP contribution in [0.25, 0.3) is 0 Å². The van der Waals surface area contributed by atoms with Crippen molar-refractivity contribution < 1.29 is 23.9 Å². The third-order valence-corrected chi connectivity index (χ3v) is 2.76. The van der Waals surface area contributed by atoms with Crippen LogP contribution in [0.5, 0.6) is 0 Å². The maximum Gasteiger partial charge on any atom is 0.306 e. The second kappa shape index (κ2) is 12.6. The van der Waals surface area contributed by atoms with Gasteiger partial charge in [-0.25, -0.2) is 0 Å². The van der Waals surface area contributed by atoms with Gasteiger partial charge in [0.15, 0.2) is 13.2 Å². The summed E-state index contributed by atoms with van der Waals surface area (Å²) in [6.07, 6.45) is 6.21. The predicted octanol–water partition coefficient (Wildman–Crippen LogP) is 2.80. The molecule has 0 aliphatic carbocycles. The van der Waals surface area contributed by atoms with E-state index in [0.29, 0.717) is 12.8 Å². The number of ketones is 1. The lowest BCUT2D eigenvalue weighted by atomic mass is 10.2. The van der Waals surface area contributed by atoms with E-state index in [1.165, 1.54) is 0 Å². The Kier molecular flexibility index (Phi) is 11.8. The third kappa shape index (κ3) is 11.7. The summed E-state index contributed by atoms with van der Waals surface area (Å²) in [7, 11) is 0. The fraction of sp³-hybridized carbons (Fsp3) is 0.800. The molecule has 0 fully saturated rings. The van der Waals surface area contributed by atoms with Crippen molar-refractivity contribution in [1.29, 1.82) is 0 Å². The van der Waals surface area contributed by atoms with E-state index in [0.717, 1.165) is 38.5 Å². The van der Waals surface area contributed by atoms with Gasteiger partial charge in [0.1, 0.15) is 0 Å². The summed E-state index contributed by atoms with van der Waals surface area (Å²) in [6.45, 7) is 3.47. The van der Waals surface area contributed by atoms with Crippen molar-refractivity contribution >= 4 is 17.7 Å². The Morgan fingerprint density at radius 2 is 1.10 bits per heavy atom. The molecule has 0 spiro atoms. The average molecular weight is 286 g/mol. The Bertz CT molecular complexity index is 271. The van der Waals surface area contributed by atoms with Crippen LogP contribution in [0.4, 0.5) is 0 Å². The number of hydrogen-bond acceptors (Lipinski definition) is 5. The maximum absolute atomic E-state index is 11.4. The van der Waals surface area contributed by atoms with E-state index in [-0.39, 0.29) is 25.2 Å². The Morgan fingerprint density at radius 1 is 0.700 bits per heavy atom. The fourth-order valence-corrected chi connectivity index (χ4v) is 1.55. The number of unbranched alkanes of at least 4 members (excludes halogenated alkanes) is 4. The number of esters is 2. The van der Waals surface area contributed by atoms with Crippen LogP contribution < -0.4 is 0 Å². The van der Waals surface area contributed by atoms with Crippen molar-refractivity contribution in [1.82, 2.24) is 0 Å². The van der Waals surface area contributed by atoms with Crippen molar-refractivity contribution in [2.75, 3.05) is 13.2 Å². The van der Waals surface area contributed by atoms with Gasteiger partial charge in [0.2, 0.25) is 5.78 Å². The minimum atomic E-state index is -0.391. The topological polar surface area (TPSA) is 69.7 Å². The summed E-state index contributed by atoms with van der Waals surface area (Å²) >= 11 is 0. The lowest BCUT2D eigenvalue weighted by molar-refractivity contribution is -0.153. The molecule has 0 N–H and O–H groups in total. The van der Waals surface area contributed by atoms with Crippen molar-refractivity contribution in [3.05, 3.63) is 0 Å². The van der Waals surface area contributed by atoms with Crippen LogP contribution in [0.15, 0.2) is 0 Å². The molecule has 0 saturated carbocycles. The molecule has 0 amide bonds. The molecule has 0 aromatic heterocycles. The largest absolute Gasteiger partial charge is 0.458 e. The summed E-state index contributed by atoms with van der Waals surface area (Å²) in [6, 6.07) is 0. The highest BCUT2D eigenvalue weighted by Crippen LogP contribution is 2.02. The molecule has 0 aliphatic rings. The van der Waals surface area contributed by atoms with E-state index < -0.39 is 5.78 Å². The molecule has 20 heavy (non-hydrogen) atoms. The van der Waals surface area contributed by atoms with Crippen LogP contribution in [-0.4, -0.2) is 30.9 Å². The first-order valence-electron chi connectivity index (χ1n) is 7.43. The van der Waals surface area contributed by atoms with Crippen LogP contribution in [0.1, 0.15) is 65.2 Å². The molecular weight excluding hydrogens is 260 g/mol. The maximum atomic E-state index is 11.4. The standard InChI is InChI=1S/C15H26O5/c1-3-5-7-9-14(17)19-11-13(16)12-20-15(18)10-8-6-4-2/h3-12H2,1-2H3. The van der Waals surface area contributed by atoms with Gasteiger partial charge in [0, 0.05) is 12.8 Å².